The lowest BCUT2D eigenvalue weighted by Gasteiger charge is -2.28. The number of amidine groups is 1. The van der Waals surface area contributed by atoms with Crippen molar-refractivity contribution in [2.75, 3.05) is 0 Å². The van der Waals surface area contributed by atoms with Crippen LogP contribution in [0.2, 0.25) is 0 Å². The minimum absolute atomic E-state index is 0.0862. The lowest BCUT2D eigenvalue weighted by molar-refractivity contribution is -0.121. The number of nitrogens with two attached hydrogens (primary N) is 1. The molecule has 0 bridgehead atoms. The normalized spacial score (nSPS) is 14.8. The Morgan fingerprint density at radius 3 is 2.68 bits per heavy atom. The van der Waals surface area contributed by atoms with Crippen LogP contribution in [0, 0.1) is 5.82 Å². The SMILES string of the molecule is CCC(C)(NC(=O)Cc1ccccc1F)/C(N)=N/O. The summed E-state index contributed by atoms with van der Waals surface area (Å²) in [7, 11) is 0. The first-order valence-corrected chi connectivity index (χ1v) is 5.95. The van der Waals surface area contributed by atoms with Crippen molar-refractivity contribution in [2.24, 2.45) is 10.9 Å². The molecule has 0 spiro atoms. The van der Waals surface area contributed by atoms with Crippen molar-refractivity contribution in [3.05, 3.63) is 35.6 Å². The van der Waals surface area contributed by atoms with E-state index >= 15 is 0 Å². The molecule has 1 atom stereocenters. The lowest BCUT2D eigenvalue weighted by atomic mass is 9.97. The number of amides is 1. The Labute approximate surface area is 111 Å². The molecule has 5 nitrogen and oxygen atoms in total. The Morgan fingerprint density at radius 2 is 2.16 bits per heavy atom. The van der Waals surface area contributed by atoms with Gasteiger partial charge in [-0.2, -0.15) is 0 Å². The van der Waals surface area contributed by atoms with Crippen LogP contribution < -0.4 is 11.1 Å². The molecule has 0 saturated heterocycles. The van der Waals surface area contributed by atoms with E-state index in [2.05, 4.69) is 10.5 Å². The molecule has 0 aromatic heterocycles. The quantitative estimate of drug-likeness (QED) is 0.326. The number of hydrogen-bond donors (Lipinski definition) is 3. The van der Waals surface area contributed by atoms with Gasteiger partial charge in [0, 0.05) is 0 Å². The molecule has 1 aromatic carbocycles. The molecule has 1 unspecified atom stereocenters. The second-order valence-electron chi connectivity index (χ2n) is 4.49. The highest BCUT2D eigenvalue weighted by molar-refractivity contribution is 5.93. The van der Waals surface area contributed by atoms with Crippen LogP contribution in [-0.4, -0.2) is 22.5 Å². The highest BCUT2D eigenvalue weighted by Crippen LogP contribution is 2.11. The zero-order valence-electron chi connectivity index (χ0n) is 11.0. The van der Waals surface area contributed by atoms with Crippen LogP contribution >= 0.6 is 0 Å². The molecule has 19 heavy (non-hydrogen) atoms. The Balaban J connectivity index is 2.78. The Morgan fingerprint density at radius 1 is 1.53 bits per heavy atom. The summed E-state index contributed by atoms with van der Waals surface area (Å²) in [4.78, 5) is 11.9. The van der Waals surface area contributed by atoms with E-state index in [1.54, 1.807) is 32.0 Å². The van der Waals surface area contributed by atoms with Gasteiger partial charge in [-0.15, -0.1) is 0 Å². The molecule has 0 aliphatic rings. The summed E-state index contributed by atoms with van der Waals surface area (Å²) in [5.74, 6) is -0.905. The van der Waals surface area contributed by atoms with Crippen LogP contribution in [0.3, 0.4) is 0 Å². The second kappa shape index (κ2) is 6.17. The fourth-order valence-electron chi connectivity index (χ4n) is 1.61. The fraction of sp³-hybridized carbons (Fsp3) is 0.385. The molecule has 1 amide bonds. The van der Waals surface area contributed by atoms with Crippen LogP contribution in [0.5, 0.6) is 0 Å². The fourth-order valence-corrected chi connectivity index (χ4v) is 1.61. The van der Waals surface area contributed by atoms with Crippen LogP contribution in [0.15, 0.2) is 29.4 Å². The van der Waals surface area contributed by atoms with Crippen LogP contribution in [0.25, 0.3) is 0 Å². The van der Waals surface area contributed by atoms with Crippen LogP contribution in [-0.2, 0) is 11.2 Å². The average molecular weight is 267 g/mol. The second-order valence-corrected chi connectivity index (χ2v) is 4.49. The number of oxime groups is 1. The van der Waals surface area contributed by atoms with Gasteiger partial charge in [0.05, 0.1) is 12.0 Å². The molecule has 0 aliphatic heterocycles. The summed E-state index contributed by atoms with van der Waals surface area (Å²) < 4.78 is 13.4. The maximum absolute atomic E-state index is 13.4. The van der Waals surface area contributed by atoms with Gasteiger partial charge in [0.15, 0.2) is 5.84 Å². The van der Waals surface area contributed by atoms with E-state index < -0.39 is 11.4 Å². The summed E-state index contributed by atoms with van der Waals surface area (Å²) in [6.07, 6.45) is 0.354. The number of benzene rings is 1. The van der Waals surface area contributed by atoms with Gasteiger partial charge < -0.3 is 16.3 Å². The predicted molar refractivity (Wildman–Crippen MR) is 70.4 cm³/mol. The number of halogens is 1. The molecule has 0 fully saturated rings. The Bertz CT molecular complexity index is 491. The first kappa shape index (κ1) is 14.9. The van der Waals surface area contributed by atoms with Gasteiger partial charge >= 0.3 is 0 Å². The molecule has 104 valence electrons. The van der Waals surface area contributed by atoms with E-state index in [0.29, 0.717) is 12.0 Å². The largest absolute Gasteiger partial charge is 0.409 e. The van der Waals surface area contributed by atoms with Crippen molar-refractivity contribution in [2.45, 2.75) is 32.2 Å². The maximum atomic E-state index is 13.4. The van der Waals surface area contributed by atoms with Crippen molar-refractivity contribution in [1.29, 1.82) is 0 Å². The van der Waals surface area contributed by atoms with Gasteiger partial charge in [-0.25, -0.2) is 4.39 Å². The number of carbonyl (C=O) groups is 1. The standard InChI is InChI=1S/C13H18FN3O2/c1-3-13(2,12(15)17-19)16-11(18)8-9-6-4-5-7-10(9)14/h4-7,19H,3,8H2,1-2H3,(H2,15,17)(H,16,18). The van der Waals surface area contributed by atoms with Crippen molar-refractivity contribution < 1.29 is 14.4 Å². The topological polar surface area (TPSA) is 87.7 Å². The molecule has 0 saturated carbocycles. The van der Waals surface area contributed by atoms with Crippen molar-refractivity contribution in [3.8, 4) is 0 Å². The third-order valence-corrected chi connectivity index (χ3v) is 3.10. The molecule has 1 aromatic rings. The first-order valence-electron chi connectivity index (χ1n) is 5.95. The monoisotopic (exact) mass is 267 g/mol. The lowest BCUT2D eigenvalue weighted by Crippen LogP contribution is -2.55. The third kappa shape index (κ3) is 3.67. The van der Waals surface area contributed by atoms with E-state index in [0.717, 1.165) is 0 Å². The van der Waals surface area contributed by atoms with Crippen LogP contribution in [0.4, 0.5) is 4.39 Å². The average Bonchev–Trinajstić information content (AvgIpc) is 2.40. The summed E-state index contributed by atoms with van der Waals surface area (Å²) >= 11 is 0. The number of nitrogens with zero attached hydrogens (tertiary/aromatic N) is 1. The molecule has 1 rings (SSSR count). The number of carbonyl (C=O) groups excluding carboxylic acids is 1. The van der Waals surface area contributed by atoms with Crippen molar-refractivity contribution in [3.63, 3.8) is 0 Å². The zero-order chi connectivity index (χ0) is 14.5. The Hall–Kier alpha value is -2.11. The minimum atomic E-state index is -0.947. The highest BCUT2D eigenvalue weighted by Gasteiger charge is 2.29. The van der Waals surface area contributed by atoms with E-state index in [4.69, 9.17) is 10.9 Å². The summed E-state index contributed by atoms with van der Waals surface area (Å²) in [6, 6.07) is 6.06. The van der Waals surface area contributed by atoms with Crippen molar-refractivity contribution >= 4 is 11.7 Å². The predicted octanol–water partition coefficient (Wildman–Crippen LogP) is 1.40. The highest BCUT2D eigenvalue weighted by atomic mass is 19.1. The smallest absolute Gasteiger partial charge is 0.225 e. The summed E-state index contributed by atoms with van der Waals surface area (Å²) in [5, 5.41) is 14.3. The van der Waals surface area contributed by atoms with Gasteiger partial charge in [0.25, 0.3) is 0 Å². The minimum Gasteiger partial charge on any atom is -0.409 e. The molecule has 0 aliphatic carbocycles. The van der Waals surface area contributed by atoms with E-state index in [9.17, 15) is 9.18 Å². The van der Waals surface area contributed by atoms with Gasteiger partial charge in [0.2, 0.25) is 5.91 Å². The van der Waals surface area contributed by atoms with Gasteiger partial charge in [-0.3, -0.25) is 4.79 Å². The third-order valence-electron chi connectivity index (χ3n) is 3.10. The molecular formula is C13H18FN3O2. The Kier molecular flexibility index (Phi) is 4.86. The van der Waals surface area contributed by atoms with Gasteiger partial charge in [-0.1, -0.05) is 30.3 Å². The van der Waals surface area contributed by atoms with E-state index in [1.165, 1.54) is 6.07 Å². The number of rotatable bonds is 5. The molecule has 0 heterocycles. The molecule has 0 radical (unpaired) electrons. The molecule has 4 N–H and O–H groups in total. The number of hydrogen-bond acceptors (Lipinski definition) is 3. The van der Waals surface area contributed by atoms with E-state index in [-0.39, 0.29) is 18.2 Å². The summed E-state index contributed by atoms with van der Waals surface area (Å²) in [6.45, 7) is 3.43. The zero-order valence-corrected chi connectivity index (χ0v) is 11.0. The van der Waals surface area contributed by atoms with E-state index in [1.807, 2.05) is 0 Å². The van der Waals surface area contributed by atoms with Gasteiger partial charge in [-0.05, 0) is 25.0 Å². The molecule has 6 heteroatoms. The first-order chi connectivity index (χ1) is 8.92. The van der Waals surface area contributed by atoms with Crippen molar-refractivity contribution in [1.82, 2.24) is 5.32 Å². The maximum Gasteiger partial charge on any atom is 0.225 e. The molecular weight excluding hydrogens is 249 g/mol. The number of nitrogens with one attached hydrogen (secondary N) is 1. The summed E-state index contributed by atoms with van der Waals surface area (Å²) in [5.41, 5.74) is 4.90. The van der Waals surface area contributed by atoms with Crippen LogP contribution in [0.1, 0.15) is 25.8 Å². The van der Waals surface area contributed by atoms with Gasteiger partial charge in [0.1, 0.15) is 5.82 Å².